The van der Waals surface area contributed by atoms with Crippen LogP contribution in [0.3, 0.4) is 0 Å². The summed E-state index contributed by atoms with van der Waals surface area (Å²) in [6.07, 6.45) is 8.82. The van der Waals surface area contributed by atoms with Crippen molar-refractivity contribution in [1.29, 1.82) is 0 Å². The van der Waals surface area contributed by atoms with Crippen LogP contribution in [0.5, 0.6) is 0 Å². The summed E-state index contributed by atoms with van der Waals surface area (Å²) in [7, 11) is -3.50. The number of nitrogens with zero attached hydrogens (tertiary/aromatic N) is 4. The number of aryl methyl sites for hydroxylation is 1. The topological polar surface area (TPSA) is 126 Å². The fraction of sp³-hybridized carbons (Fsp3) is 0.438. The van der Waals surface area contributed by atoms with Crippen LogP contribution < -0.4 is 10.5 Å². The zero-order valence-electron chi connectivity index (χ0n) is 14.8. The Labute approximate surface area is 152 Å². The molecular formula is C16H23N6O3S+. The third-order valence-electron chi connectivity index (χ3n) is 4.23. The largest absolute Gasteiger partial charge is 0.382 e. The van der Waals surface area contributed by atoms with Crippen LogP contribution >= 0.6 is 0 Å². The van der Waals surface area contributed by atoms with E-state index in [1.807, 2.05) is 11.5 Å². The number of anilines is 1. The third kappa shape index (κ3) is 3.86. The highest BCUT2D eigenvalue weighted by atomic mass is 32.2. The van der Waals surface area contributed by atoms with Gasteiger partial charge in [0.2, 0.25) is 15.7 Å². The Hall–Kier alpha value is -2.46. The van der Waals surface area contributed by atoms with Gasteiger partial charge >= 0.3 is 0 Å². The van der Waals surface area contributed by atoms with Crippen LogP contribution in [0.1, 0.15) is 19.8 Å². The van der Waals surface area contributed by atoms with Crippen LogP contribution in [0.15, 0.2) is 35.1 Å². The molecule has 26 heavy (non-hydrogen) atoms. The molecule has 0 spiro atoms. The van der Waals surface area contributed by atoms with E-state index in [1.54, 1.807) is 29.1 Å². The van der Waals surface area contributed by atoms with E-state index in [0.29, 0.717) is 42.4 Å². The number of nitrogens with two attached hydrogens (primary N) is 1. The fourth-order valence-corrected chi connectivity index (χ4v) is 3.55. The summed E-state index contributed by atoms with van der Waals surface area (Å²) < 4.78 is 29.5. The SMILES string of the molecule is CCn1ncc(/N=C2C=C/C(=[N+]3/CCCC3O)C=C/2NS(C)(=O)=O)c1N. The monoisotopic (exact) mass is 379 g/mol. The molecule has 140 valence electrons. The number of sulfonamides is 1. The first-order chi connectivity index (χ1) is 12.3. The predicted molar refractivity (Wildman–Crippen MR) is 100.0 cm³/mol. The summed E-state index contributed by atoms with van der Waals surface area (Å²) in [6.45, 7) is 3.24. The summed E-state index contributed by atoms with van der Waals surface area (Å²) in [5.41, 5.74) is 7.97. The van der Waals surface area contributed by atoms with Gasteiger partial charge in [-0.05, 0) is 13.0 Å². The van der Waals surface area contributed by atoms with Gasteiger partial charge in [-0.15, -0.1) is 0 Å². The van der Waals surface area contributed by atoms with Crippen LogP contribution in [0.25, 0.3) is 0 Å². The van der Waals surface area contributed by atoms with Crippen LogP contribution in [-0.2, 0) is 16.6 Å². The highest BCUT2D eigenvalue weighted by Gasteiger charge is 2.29. The Morgan fingerprint density at radius 1 is 1.50 bits per heavy atom. The summed E-state index contributed by atoms with van der Waals surface area (Å²) in [5, 5.41) is 14.2. The van der Waals surface area contributed by atoms with Gasteiger partial charge in [-0.2, -0.15) is 5.10 Å². The number of nitrogens with one attached hydrogen (secondary N) is 1. The lowest BCUT2D eigenvalue weighted by Gasteiger charge is -2.13. The van der Waals surface area contributed by atoms with Crippen molar-refractivity contribution in [2.75, 3.05) is 18.5 Å². The number of allylic oxidation sites excluding steroid dienone is 3. The quantitative estimate of drug-likeness (QED) is 0.506. The Kier molecular flexibility index (Phi) is 4.97. The molecule has 10 heteroatoms. The molecule has 9 nitrogen and oxygen atoms in total. The van der Waals surface area contributed by atoms with Crippen molar-refractivity contribution in [3.63, 3.8) is 0 Å². The van der Waals surface area contributed by atoms with E-state index < -0.39 is 16.3 Å². The van der Waals surface area contributed by atoms with Gasteiger partial charge in [-0.3, -0.25) is 4.72 Å². The number of aliphatic imine (C=N–C) groups is 1. The zero-order valence-corrected chi connectivity index (χ0v) is 15.6. The van der Waals surface area contributed by atoms with Gasteiger partial charge in [0.15, 0.2) is 0 Å². The summed E-state index contributed by atoms with van der Waals surface area (Å²) >= 11 is 0. The van der Waals surface area contributed by atoms with E-state index in [2.05, 4.69) is 14.8 Å². The van der Waals surface area contributed by atoms with Gasteiger partial charge in [-0.1, -0.05) is 0 Å². The molecule has 2 aliphatic rings. The summed E-state index contributed by atoms with van der Waals surface area (Å²) in [4.78, 5) is 4.46. The Bertz CT molecular complexity index is 939. The Morgan fingerprint density at radius 2 is 2.27 bits per heavy atom. The molecule has 0 amide bonds. The lowest BCUT2D eigenvalue weighted by molar-refractivity contribution is -0.585. The van der Waals surface area contributed by atoms with Crippen molar-refractivity contribution in [2.45, 2.75) is 32.5 Å². The maximum Gasteiger partial charge on any atom is 0.255 e. The summed E-state index contributed by atoms with van der Waals surface area (Å²) in [6, 6.07) is 0. The average Bonchev–Trinajstić information content (AvgIpc) is 3.14. The first-order valence-corrected chi connectivity index (χ1v) is 10.3. The van der Waals surface area contributed by atoms with Gasteiger partial charge < -0.3 is 10.8 Å². The minimum Gasteiger partial charge on any atom is -0.382 e. The second-order valence-corrected chi connectivity index (χ2v) is 7.98. The molecule has 1 atom stereocenters. The number of rotatable bonds is 4. The van der Waals surface area contributed by atoms with Crippen LogP contribution in [0.2, 0.25) is 0 Å². The predicted octanol–water partition coefficient (Wildman–Crippen LogP) is 0.126. The third-order valence-corrected chi connectivity index (χ3v) is 4.82. The Balaban J connectivity index is 2.03. The second kappa shape index (κ2) is 7.04. The van der Waals surface area contributed by atoms with Gasteiger partial charge in [0.1, 0.15) is 18.1 Å². The van der Waals surface area contributed by atoms with E-state index in [4.69, 9.17) is 5.73 Å². The van der Waals surface area contributed by atoms with Crippen molar-refractivity contribution in [3.05, 3.63) is 30.1 Å². The second-order valence-electron chi connectivity index (χ2n) is 6.23. The molecule has 1 fully saturated rings. The molecule has 0 radical (unpaired) electrons. The minimum atomic E-state index is -3.50. The van der Waals surface area contributed by atoms with Gasteiger partial charge in [-0.25, -0.2) is 22.7 Å². The number of hydrogen-bond donors (Lipinski definition) is 3. The van der Waals surface area contributed by atoms with Crippen LogP contribution in [0, 0.1) is 0 Å². The lowest BCUT2D eigenvalue weighted by atomic mass is 10.1. The molecule has 1 unspecified atom stereocenters. The van der Waals surface area contributed by atoms with Crippen molar-refractivity contribution in [1.82, 2.24) is 14.5 Å². The average molecular weight is 379 g/mol. The standard InChI is InChI=1S/C16H22N6O3S/c1-3-22-16(17)14(10-18-22)19-12-7-6-11(21-8-4-5-15(21)23)9-13(12)20-26(2,24)25/h6-7,9-10,15,23H,3-5,8H2,1-2H3,(H2,17,18,20)/p+1. The van der Waals surface area contributed by atoms with Crippen molar-refractivity contribution in [3.8, 4) is 0 Å². The van der Waals surface area contributed by atoms with Crippen LogP contribution in [0.4, 0.5) is 11.5 Å². The molecule has 4 N–H and O–H groups in total. The molecule has 1 saturated heterocycles. The smallest absolute Gasteiger partial charge is 0.255 e. The molecular weight excluding hydrogens is 356 g/mol. The molecule has 2 heterocycles. The molecule has 0 bridgehead atoms. The molecule has 0 aromatic carbocycles. The number of aliphatic hydroxyl groups excluding tert-OH is 1. The van der Waals surface area contributed by atoms with Gasteiger partial charge in [0.05, 0.1) is 23.9 Å². The molecule has 1 aliphatic carbocycles. The van der Waals surface area contributed by atoms with Crippen LogP contribution in [-0.4, -0.2) is 58.3 Å². The van der Waals surface area contributed by atoms with Crippen molar-refractivity contribution >= 4 is 33.0 Å². The molecule has 1 aromatic heterocycles. The maximum atomic E-state index is 11.8. The van der Waals surface area contributed by atoms with E-state index in [1.165, 1.54) is 0 Å². The number of nitrogen functional groups attached to an aromatic ring is 1. The number of hydrogen-bond acceptors (Lipinski definition) is 6. The first-order valence-electron chi connectivity index (χ1n) is 8.38. The zero-order chi connectivity index (χ0) is 18.9. The maximum absolute atomic E-state index is 11.8. The highest BCUT2D eigenvalue weighted by molar-refractivity contribution is 7.88. The fourth-order valence-electron chi connectivity index (χ4n) is 2.98. The molecule has 1 aliphatic heterocycles. The summed E-state index contributed by atoms with van der Waals surface area (Å²) in [5.74, 6) is 0.414. The van der Waals surface area contributed by atoms with E-state index in [9.17, 15) is 13.5 Å². The van der Waals surface area contributed by atoms with Gasteiger partial charge in [0.25, 0.3) is 6.23 Å². The van der Waals surface area contributed by atoms with Crippen molar-refractivity contribution < 1.29 is 18.1 Å². The van der Waals surface area contributed by atoms with E-state index >= 15 is 0 Å². The van der Waals surface area contributed by atoms with Crippen molar-refractivity contribution in [2.24, 2.45) is 4.99 Å². The number of aromatic nitrogens is 2. The molecule has 1 aromatic rings. The minimum absolute atomic E-state index is 0.327. The first kappa shape index (κ1) is 18.3. The molecule has 3 rings (SSSR count). The molecule has 0 saturated carbocycles. The van der Waals surface area contributed by atoms with Gasteiger partial charge in [0, 0.05) is 31.5 Å². The Morgan fingerprint density at radius 3 is 2.85 bits per heavy atom. The highest BCUT2D eigenvalue weighted by Crippen LogP contribution is 2.23. The number of aliphatic hydroxyl groups is 1. The lowest BCUT2D eigenvalue weighted by Crippen LogP contribution is -2.31. The van der Waals surface area contributed by atoms with E-state index in [0.717, 1.165) is 18.4 Å². The normalized spacial score (nSPS) is 25.0. The van der Waals surface area contributed by atoms with E-state index in [-0.39, 0.29) is 0 Å².